The molecule has 3 aromatic rings. The van der Waals surface area contributed by atoms with Crippen LogP contribution in [0.15, 0.2) is 39.6 Å². The van der Waals surface area contributed by atoms with Gasteiger partial charge in [-0.1, -0.05) is 24.2 Å². The monoisotopic (exact) mass is 339 g/mol. The fourth-order valence-corrected chi connectivity index (χ4v) is 2.67. The van der Waals surface area contributed by atoms with Gasteiger partial charge in [-0.05, 0) is 24.5 Å². The minimum absolute atomic E-state index is 0.204. The van der Waals surface area contributed by atoms with E-state index >= 15 is 0 Å². The Morgan fingerprint density at radius 2 is 2.20 bits per heavy atom. The van der Waals surface area contributed by atoms with E-state index in [0.717, 1.165) is 17.7 Å². The average Bonchev–Trinajstić information content (AvgIpc) is 3.24. The summed E-state index contributed by atoms with van der Waals surface area (Å²) in [4.78, 5) is 22.7. The molecule has 1 saturated heterocycles. The molecule has 25 heavy (non-hydrogen) atoms. The van der Waals surface area contributed by atoms with Gasteiger partial charge < -0.3 is 13.9 Å². The van der Waals surface area contributed by atoms with Crippen molar-refractivity contribution in [3.63, 3.8) is 0 Å². The zero-order chi connectivity index (χ0) is 17.4. The second-order valence-electron chi connectivity index (χ2n) is 6.27. The van der Waals surface area contributed by atoms with Crippen molar-refractivity contribution in [2.24, 2.45) is 0 Å². The topological polar surface area (TPSA) is 98.2 Å². The molecule has 0 aliphatic carbocycles. The van der Waals surface area contributed by atoms with Crippen LogP contribution < -0.4 is 0 Å². The van der Waals surface area contributed by atoms with Gasteiger partial charge in [0.25, 0.3) is 5.91 Å². The lowest BCUT2D eigenvalue weighted by molar-refractivity contribution is 0.0339. The number of carbonyl (C=O) groups excluding carboxylic acids is 1. The maximum absolute atomic E-state index is 12.6. The van der Waals surface area contributed by atoms with Crippen molar-refractivity contribution >= 4 is 5.91 Å². The van der Waals surface area contributed by atoms with E-state index in [0.29, 0.717) is 18.3 Å². The third kappa shape index (κ3) is 2.79. The highest BCUT2D eigenvalue weighted by Crippen LogP contribution is 2.34. The number of aromatic nitrogens is 4. The van der Waals surface area contributed by atoms with Crippen LogP contribution in [0.5, 0.6) is 0 Å². The standard InChI is InChI=1S/C17H17N5O3/c1-10(2)12-8-14(24-20-12)17(23)22-7-5-13(22)16-19-15(21-25-16)11-4-3-6-18-9-11/h3-4,6,8-10,13H,5,7H2,1-2H3/t13-/m0/s1. The van der Waals surface area contributed by atoms with E-state index in [2.05, 4.69) is 20.3 Å². The van der Waals surface area contributed by atoms with Crippen LogP contribution in [0.1, 0.15) is 54.4 Å². The van der Waals surface area contributed by atoms with Gasteiger partial charge in [0, 0.05) is 30.6 Å². The van der Waals surface area contributed by atoms with Gasteiger partial charge in [0.2, 0.25) is 17.5 Å². The molecule has 1 aliphatic heterocycles. The summed E-state index contributed by atoms with van der Waals surface area (Å²) in [6.45, 7) is 4.61. The van der Waals surface area contributed by atoms with Gasteiger partial charge in [-0.2, -0.15) is 4.98 Å². The smallest absolute Gasteiger partial charge is 0.293 e. The molecule has 1 fully saturated rings. The molecule has 1 atom stereocenters. The summed E-state index contributed by atoms with van der Waals surface area (Å²) >= 11 is 0. The van der Waals surface area contributed by atoms with Crippen LogP contribution in [0.4, 0.5) is 0 Å². The van der Waals surface area contributed by atoms with E-state index in [4.69, 9.17) is 9.05 Å². The van der Waals surface area contributed by atoms with Crippen molar-refractivity contribution in [2.45, 2.75) is 32.2 Å². The minimum Gasteiger partial charge on any atom is -0.351 e. The Kier molecular flexibility index (Phi) is 3.79. The van der Waals surface area contributed by atoms with E-state index in [1.807, 2.05) is 19.9 Å². The first kappa shape index (κ1) is 15.5. The molecule has 3 aromatic heterocycles. The largest absolute Gasteiger partial charge is 0.351 e. The zero-order valence-corrected chi connectivity index (χ0v) is 13.9. The maximum atomic E-state index is 12.6. The summed E-state index contributed by atoms with van der Waals surface area (Å²) in [5.41, 5.74) is 1.53. The van der Waals surface area contributed by atoms with Gasteiger partial charge in [-0.3, -0.25) is 9.78 Å². The quantitative estimate of drug-likeness (QED) is 0.720. The first-order valence-electron chi connectivity index (χ1n) is 8.15. The lowest BCUT2D eigenvalue weighted by atomic mass is 10.0. The number of amides is 1. The molecule has 1 amide bonds. The summed E-state index contributed by atoms with van der Waals surface area (Å²) in [5.74, 6) is 1.11. The molecule has 0 unspecified atom stereocenters. The Balaban J connectivity index is 1.52. The Morgan fingerprint density at radius 3 is 2.84 bits per heavy atom. The summed E-state index contributed by atoms with van der Waals surface area (Å²) in [6, 6.07) is 5.11. The summed E-state index contributed by atoms with van der Waals surface area (Å²) in [7, 11) is 0. The molecule has 0 spiro atoms. The Hall–Kier alpha value is -3.03. The van der Waals surface area contributed by atoms with Crippen LogP contribution in [0.2, 0.25) is 0 Å². The van der Waals surface area contributed by atoms with E-state index in [-0.39, 0.29) is 23.6 Å². The summed E-state index contributed by atoms with van der Waals surface area (Å²) < 4.78 is 10.5. The van der Waals surface area contributed by atoms with Crippen molar-refractivity contribution in [1.82, 2.24) is 25.2 Å². The molecule has 128 valence electrons. The minimum atomic E-state index is -0.238. The van der Waals surface area contributed by atoms with Gasteiger partial charge >= 0.3 is 0 Å². The average molecular weight is 339 g/mol. The summed E-state index contributed by atoms with van der Waals surface area (Å²) in [5, 5.41) is 7.92. The van der Waals surface area contributed by atoms with Crippen molar-refractivity contribution in [3.05, 3.63) is 47.9 Å². The third-order valence-electron chi connectivity index (χ3n) is 4.26. The van der Waals surface area contributed by atoms with Crippen LogP contribution in [0, 0.1) is 0 Å². The highest BCUT2D eigenvalue weighted by molar-refractivity contribution is 5.92. The van der Waals surface area contributed by atoms with Crippen LogP contribution >= 0.6 is 0 Å². The van der Waals surface area contributed by atoms with Gasteiger partial charge in [0.05, 0.1) is 5.69 Å². The van der Waals surface area contributed by atoms with Gasteiger partial charge in [0.1, 0.15) is 6.04 Å². The Bertz CT molecular complexity index is 887. The number of hydrogen-bond acceptors (Lipinski definition) is 7. The fourth-order valence-electron chi connectivity index (χ4n) is 2.67. The van der Waals surface area contributed by atoms with E-state index in [9.17, 15) is 4.79 Å². The van der Waals surface area contributed by atoms with Crippen LogP contribution in [0.25, 0.3) is 11.4 Å². The second kappa shape index (κ2) is 6.12. The van der Waals surface area contributed by atoms with E-state index in [1.54, 1.807) is 29.4 Å². The molecule has 0 N–H and O–H groups in total. The van der Waals surface area contributed by atoms with E-state index in [1.165, 1.54) is 0 Å². The second-order valence-corrected chi connectivity index (χ2v) is 6.27. The number of hydrogen-bond donors (Lipinski definition) is 0. The lowest BCUT2D eigenvalue weighted by Crippen LogP contribution is -2.45. The number of rotatable bonds is 4. The molecular weight excluding hydrogens is 322 g/mol. The predicted octanol–water partition coefficient (Wildman–Crippen LogP) is 2.83. The predicted molar refractivity (Wildman–Crippen MR) is 86.5 cm³/mol. The van der Waals surface area contributed by atoms with Gasteiger partial charge in [-0.15, -0.1) is 0 Å². The number of likely N-dealkylation sites (tertiary alicyclic amines) is 1. The molecule has 0 bridgehead atoms. The van der Waals surface area contributed by atoms with Crippen LogP contribution in [-0.4, -0.2) is 37.6 Å². The molecule has 4 rings (SSSR count). The first-order chi connectivity index (χ1) is 12.1. The molecular formula is C17H17N5O3. The van der Waals surface area contributed by atoms with Crippen molar-refractivity contribution in [2.75, 3.05) is 6.54 Å². The zero-order valence-electron chi connectivity index (χ0n) is 13.9. The van der Waals surface area contributed by atoms with E-state index < -0.39 is 0 Å². The lowest BCUT2D eigenvalue weighted by Gasteiger charge is -2.37. The van der Waals surface area contributed by atoms with Gasteiger partial charge in [-0.25, -0.2) is 0 Å². The Morgan fingerprint density at radius 1 is 1.32 bits per heavy atom. The van der Waals surface area contributed by atoms with Gasteiger partial charge in [0.15, 0.2) is 0 Å². The van der Waals surface area contributed by atoms with Crippen molar-refractivity contribution in [3.8, 4) is 11.4 Å². The molecule has 1 aliphatic rings. The molecule has 0 radical (unpaired) electrons. The highest BCUT2D eigenvalue weighted by Gasteiger charge is 2.39. The highest BCUT2D eigenvalue weighted by atomic mass is 16.5. The number of nitrogens with zero attached hydrogens (tertiary/aromatic N) is 5. The maximum Gasteiger partial charge on any atom is 0.293 e. The third-order valence-corrected chi connectivity index (χ3v) is 4.26. The molecule has 0 aromatic carbocycles. The number of pyridine rings is 1. The summed E-state index contributed by atoms with van der Waals surface area (Å²) in [6.07, 6.45) is 4.12. The first-order valence-corrected chi connectivity index (χ1v) is 8.15. The molecule has 4 heterocycles. The molecule has 8 heteroatoms. The van der Waals surface area contributed by atoms with Crippen molar-refractivity contribution < 1.29 is 13.8 Å². The van der Waals surface area contributed by atoms with Crippen molar-refractivity contribution in [1.29, 1.82) is 0 Å². The SMILES string of the molecule is CC(C)c1cc(C(=O)N2CC[C@H]2c2nc(-c3cccnc3)no2)on1. The normalized spacial score (nSPS) is 16.9. The van der Waals surface area contributed by atoms with Crippen LogP contribution in [0.3, 0.4) is 0 Å². The van der Waals surface area contributed by atoms with Crippen LogP contribution in [-0.2, 0) is 0 Å². The fraction of sp³-hybridized carbons (Fsp3) is 0.353. The molecule has 8 nitrogen and oxygen atoms in total. The molecule has 0 saturated carbocycles. The Labute approximate surface area is 143 Å². The number of carbonyl (C=O) groups is 1.